The van der Waals surface area contributed by atoms with Crippen LogP contribution in [0.3, 0.4) is 0 Å². The van der Waals surface area contributed by atoms with Gasteiger partial charge in [-0.1, -0.05) is 60.7 Å². The molecule has 1 atom stereocenters. The van der Waals surface area contributed by atoms with E-state index < -0.39 is 18.0 Å². The summed E-state index contributed by atoms with van der Waals surface area (Å²) >= 11 is 3.51. The number of carbonyl (C=O) groups excluding carboxylic acids is 2. The topological polar surface area (TPSA) is 98.2 Å². The Morgan fingerprint density at radius 1 is 1.00 bits per heavy atom. The van der Waals surface area contributed by atoms with Gasteiger partial charge in [-0.05, 0) is 46.1 Å². The van der Waals surface area contributed by atoms with Crippen LogP contribution >= 0.6 is 15.9 Å². The van der Waals surface area contributed by atoms with E-state index in [1.165, 1.54) is 6.21 Å². The summed E-state index contributed by atoms with van der Waals surface area (Å²) in [6.45, 7) is 2.29. The van der Waals surface area contributed by atoms with Crippen LogP contribution in [0.15, 0.2) is 82.4 Å². The Bertz CT molecular complexity index is 1170. The quantitative estimate of drug-likeness (QED) is 0.261. The molecule has 0 aliphatic carbocycles. The Morgan fingerprint density at radius 2 is 1.67 bits per heavy atom. The summed E-state index contributed by atoms with van der Waals surface area (Å²) in [5.41, 5.74) is 5.08. The molecule has 8 nitrogen and oxygen atoms in total. The second kappa shape index (κ2) is 13.9. The second-order valence-corrected chi connectivity index (χ2v) is 8.49. The lowest BCUT2D eigenvalue weighted by Gasteiger charge is -2.17. The molecule has 0 saturated carbocycles. The molecular formula is C27H28BrN3O5. The van der Waals surface area contributed by atoms with Gasteiger partial charge in [-0.15, -0.1) is 0 Å². The van der Waals surface area contributed by atoms with Crippen molar-refractivity contribution in [3.8, 4) is 11.5 Å². The molecule has 9 heteroatoms. The minimum absolute atomic E-state index is 0.199. The molecule has 0 radical (unpaired) electrons. The number of hydrogen-bond acceptors (Lipinski definition) is 6. The molecule has 0 aliphatic rings. The van der Waals surface area contributed by atoms with Gasteiger partial charge < -0.3 is 19.5 Å². The number of halogens is 1. The summed E-state index contributed by atoms with van der Waals surface area (Å²) in [7, 11) is 1.55. The maximum absolute atomic E-state index is 12.8. The van der Waals surface area contributed by atoms with Crippen LogP contribution in [0.4, 0.5) is 4.79 Å². The number of amides is 2. The molecular weight excluding hydrogens is 526 g/mol. The van der Waals surface area contributed by atoms with Crippen molar-refractivity contribution in [2.24, 2.45) is 5.10 Å². The van der Waals surface area contributed by atoms with Gasteiger partial charge >= 0.3 is 6.09 Å². The van der Waals surface area contributed by atoms with E-state index in [9.17, 15) is 9.59 Å². The lowest BCUT2D eigenvalue weighted by Crippen LogP contribution is -2.47. The molecule has 0 fully saturated rings. The maximum atomic E-state index is 12.8. The first-order chi connectivity index (χ1) is 17.5. The predicted molar refractivity (Wildman–Crippen MR) is 141 cm³/mol. The Morgan fingerprint density at radius 3 is 2.31 bits per heavy atom. The first-order valence-corrected chi connectivity index (χ1v) is 12.1. The van der Waals surface area contributed by atoms with E-state index >= 15 is 0 Å². The average molecular weight is 554 g/mol. The van der Waals surface area contributed by atoms with Gasteiger partial charge in [0.15, 0.2) is 11.5 Å². The molecule has 0 spiro atoms. The first-order valence-electron chi connectivity index (χ1n) is 11.3. The second-order valence-electron chi connectivity index (χ2n) is 7.64. The summed E-state index contributed by atoms with van der Waals surface area (Å²) in [6.07, 6.45) is 1.10. The molecule has 0 aromatic heterocycles. The van der Waals surface area contributed by atoms with E-state index in [2.05, 4.69) is 31.8 Å². The average Bonchev–Trinajstić information content (AvgIpc) is 2.89. The lowest BCUT2D eigenvalue weighted by atomic mass is 10.1. The number of methoxy groups -OCH3 is 1. The largest absolute Gasteiger partial charge is 0.493 e. The van der Waals surface area contributed by atoms with Crippen LogP contribution in [0.5, 0.6) is 11.5 Å². The van der Waals surface area contributed by atoms with Gasteiger partial charge in [0.05, 0.1) is 19.9 Å². The summed E-state index contributed by atoms with van der Waals surface area (Å²) < 4.78 is 17.0. The number of ether oxygens (including phenoxy) is 3. The SMILES string of the molecule is CCOC(=O)N[C@@H](Cc1ccccc1)C(=O)N/N=C\c1cc(OC)c(OCc2ccccc2)cc1Br. The smallest absolute Gasteiger partial charge is 0.407 e. The van der Waals surface area contributed by atoms with Crippen molar-refractivity contribution in [1.29, 1.82) is 0 Å². The normalized spacial score (nSPS) is 11.5. The lowest BCUT2D eigenvalue weighted by molar-refractivity contribution is -0.123. The van der Waals surface area contributed by atoms with Crippen molar-refractivity contribution in [1.82, 2.24) is 10.7 Å². The molecule has 2 amide bonds. The van der Waals surface area contributed by atoms with Crippen molar-refractivity contribution >= 4 is 34.1 Å². The van der Waals surface area contributed by atoms with Crippen LogP contribution in [0.2, 0.25) is 0 Å². The standard InChI is InChI=1S/C27H28BrN3O5/c1-3-35-27(33)30-23(14-19-10-6-4-7-11-19)26(32)31-29-17-21-15-24(34-2)25(16-22(21)28)36-18-20-12-8-5-9-13-20/h4-13,15-17,23H,3,14,18H2,1-2H3,(H,30,33)(H,31,32)/b29-17-/t23-/m0/s1. The van der Waals surface area contributed by atoms with Gasteiger partial charge in [0.1, 0.15) is 12.6 Å². The minimum atomic E-state index is -0.865. The van der Waals surface area contributed by atoms with Gasteiger partial charge in [-0.3, -0.25) is 4.79 Å². The highest BCUT2D eigenvalue weighted by molar-refractivity contribution is 9.10. The molecule has 3 rings (SSSR count). The summed E-state index contributed by atoms with van der Waals surface area (Å²) in [6, 6.07) is 21.8. The van der Waals surface area contributed by atoms with E-state index in [0.717, 1.165) is 11.1 Å². The van der Waals surface area contributed by atoms with Crippen molar-refractivity contribution in [2.75, 3.05) is 13.7 Å². The number of hydrazone groups is 1. The molecule has 0 unspecified atom stereocenters. The molecule has 36 heavy (non-hydrogen) atoms. The fourth-order valence-electron chi connectivity index (χ4n) is 3.27. The van der Waals surface area contributed by atoms with Crippen LogP contribution in [-0.2, 0) is 22.6 Å². The van der Waals surface area contributed by atoms with E-state index in [1.54, 1.807) is 26.2 Å². The van der Waals surface area contributed by atoms with Crippen molar-refractivity contribution in [2.45, 2.75) is 26.0 Å². The summed E-state index contributed by atoms with van der Waals surface area (Å²) in [5, 5.41) is 6.66. The zero-order valence-electron chi connectivity index (χ0n) is 20.1. The Hall–Kier alpha value is -3.85. The first kappa shape index (κ1) is 26.7. The molecule has 0 saturated heterocycles. The molecule has 0 aliphatic heterocycles. The summed E-state index contributed by atoms with van der Waals surface area (Å²) in [5.74, 6) is 0.609. The van der Waals surface area contributed by atoms with Crippen LogP contribution < -0.4 is 20.2 Å². The molecule has 188 valence electrons. The van der Waals surface area contributed by atoms with Crippen LogP contribution in [0.1, 0.15) is 23.6 Å². The van der Waals surface area contributed by atoms with Gasteiger partial charge in [0.25, 0.3) is 5.91 Å². The van der Waals surface area contributed by atoms with Crippen LogP contribution in [0.25, 0.3) is 0 Å². The number of rotatable bonds is 11. The Labute approximate surface area is 218 Å². The van der Waals surface area contributed by atoms with Crippen LogP contribution in [0, 0.1) is 0 Å². The molecule has 3 aromatic carbocycles. The zero-order valence-corrected chi connectivity index (χ0v) is 21.7. The van der Waals surface area contributed by atoms with Crippen molar-refractivity contribution < 1.29 is 23.8 Å². The third-order valence-corrected chi connectivity index (χ3v) is 5.75. The monoisotopic (exact) mass is 553 g/mol. The summed E-state index contributed by atoms with van der Waals surface area (Å²) in [4.78, 5) is 24.8. The zero-order chi connectivity index (χ0) is 25.8. The highest BCUT2D eigenvalue weighted by Gasteiger charge is 2.21. The number of alkyl carbamates (subject to hydrolysis) is 1. The molecule has 0 heterocycles. The number of nitrogens with one attached hydrogen (secondary N) is 2. The highest BCUT2D eigenvalue weighted by Crippen LogP contribution is 2.33. The highest BCUT2D eigenvalue weighted by atomic mass is 79.9. The molecule has 2 N–H and O–H groups in total. The van der Waals surface area contributed by atoms with Gasteiger partial charge in [0.2, 0.25) is 0 Å². The maximum Gasteiger partial charge on any atom is 0.407 e. The molecule has 3 aromatic rings. The van der Waals surface area contributed by atoms with Gasteiger partial charge in [0, 0.05) is 16.5 Å². The van der Waals surface area contributed by atoms with E-state index in [0.29, 0.717) is 28.1 Å². The van der Waals surface area contributed by atoms with Gasteiger partial charge in [-0.2, -0.15) is 5.10 Å². The minimum Gasteiger partial charge on any atom is -0.493 e. The van der Waals surface area contributed by atoms with Crippen molar-refractivity contribution in [3.63, 3.8) is 0 Å². The van der Waals surface area contributed by atoms with Crippen LogP contribution in [-0.4, -0.2) is 38.0 Å². The van der Waals surface area contributed by atoms with Crippen molar-refractivity contribution in [3.05, 3.63) is 94.0 Å². The number of nitrogens with zero attached hydrogens (tertiary/aromatic N) is 1. The van der Waals surface area contributed by atoms with E-state index in [1.807, 2.05) is 60.7 Å². The number of hydrogen-bond donors (Lipinski definition) is 2. The Balaban J connectivity index is 1.68. The fourth-order valence-corrected chi connectivity index (χ4v) is 3.70. The van der Waals surface area contributed by atoms with E-state index in [-0.39, 0.29) is 13.0 Å². The molecule has 0 bridgehead atoms. The number of carbonyl (C=O) groups is 2. The van der Waals surface area contributed by atoms with E-state index in [4.69, 9.17) is 14.2 Å². The third-order valence-electron chi connectivity index (χ3n) is 5.07. The Kier molecular flexibility index (Phi) is 10.3. The third kappa shape index (κ3) is 8.13. The fraction of sp³-hybridized carbons (Fsp3) is 0.222. The predicted octanol–water partition coefficient (Wildman–Crippen LogP) is 4.84. The number of benzene rings is 3. The van der Waals surface area contributed by atoms with Gasteiger partial charge in [-0.25, -0.2) is 10.2 Å².